The topological polar surface area (TPSA) is 24.9 Å². The molecular formula is C16H16N2O2. The van der Waals surface area contributed by atoms with Crippen LogP contribution in [0.5, 0.6) is 11.5 Å². The molecule has 2 aromatic rings. The SMILES string of the molecule is c1ccc2c(c1)CN(N1COc3ccccc3C1)CO2. The monoisotopic (exact) mass is 268 g/mol. The van der Waals surface area contributed by atoms with Crippen LogP contribution >= 0.6 is 0 Å². The van der Waals surface area contributed by atoms with Crippen LogP contribution in [0, 0.1) is 0 Å². The Balaban J connectivity index is 1.53. The summed E-state index contributed by atoms with van der Waals surface area (Å²) in [5.74, 6) is 1.98. The van der Waals surface area contributed by atoms with E-state index in [0.29, 0.717) is 13.5 Å². The second kappa shape index (κ2) is 4.81. The lowest BCUT2D eigenvalue weighted by Crippen LogP contribution is -2.48. The van der Waals surface area contributed by atoms with Gasteiger partial charge in [0.05, 0.1) is 0 Å². The lowest BCUT2D eigenvalue weighted by atomic mass is 10.1. The molecule has 2 aliphatic rings. The highest BCUT2D eigenvalue weighted by Gasteiger charge is 2.26. The van der Waals surface area contributed by atoms with Gasteiger partial charge in [0.25, 0.3) is 0 Å². The van der Waals surface area contributed by atoms with Crippen LogP contribution in [-0.4, -0.2) is 23.5 Å². The van der Waals surface area contributed by atoms with Crippen molar-refractivity contribution in [3.05, 3.63) is 59.7 Å². The maximum atomic E-state index is 5.81. The van der Waals surface area contributed by atoms with Gasteiger partial charge in [-0.25, -0.2) is 0 Å². The Hall–Kier alpha value is -2.04. The summed E-state index contributed by atoms with van der Waals surface area (Å²) in [6, 6.07) is 16.4. The highest BCUT2D eigenvalue weighted by molar-refractivity contribution is 5.35. The first-order valence-electron chi connectivity index (χ1n) is 6.81. The van der Waals surface area contributed by atoms with E-state index in [-0.39, 0.29) is 0 Å². The second-order valence-corrected chi connectivity index (χ2v) is 5.09. The summed E-state index contributed by atoms with van der Waals surface area (Å²) in [6.45, 7) is 2.87. The molecule has 0 aliphatic carbocycles. The fourth-order valence-corrected chi connectivity index (χ4v) is 2.69. The van der Waals surface area contributed by atoms with E-state index in [9.17, 15) is 0 Å². The zero-order valence-electron chi connectivity index (χ0n) is 11.2. The van der Waals surface area contributed by atoms with E-state index in [1.807, 2.05) is 36.4 Å². The van der Waals surface area contributed by atoms with Crippen molar-refractivity contribution in [2.24, 2.45) is 0 Å². The Morgan fingerprint density at radius 3 is 1.60 bits per heavy atom. The summed E-state index contributed by atoms with van der Waals surface area (Å²) in [5, 5.41) is 4.39. The molecule has 0 spiro atoms. The third kappa shape index (κ3) is 2.03. The summed E-state index contributed by atoms with van der Waals surface area (Å²) in [4.78, 5) is 0. The van der Waals surface area contributed by atoms with E-state index in [2.05, 4.69) is 22.2 Å². The van der Waals surface area contributed by atoms with Gasteiger partial charge in [0.1, 0.15) is 11.5 Å². The van der Waals surface area contributed by atoms with Gasteiger partial charge in [0.15, 0.2) is 13.5 Å². The average Bonchev–Trinajstić information content (AvgIpc) is 2.54. The predicted octanol–water partition coefficient (Wildman–Crippen LogP) is 2.61. The van der Waals surface area contributed by atoms with E-state index >= 15 is 0 Å². The molecule has 0 radical (unpaired) electrons. The van der Waals surface area contributed by atoms with Crippen LogP contribution in [0.15, 0.2) is 48.5 Å². The van der Waals surface area contributed by atoms with Gasteiger partial charge in [0, 0.05) is 24.2 Å². The quantitative estimate of drug-likeness (QED) is 0.793. The van der Waals surface area contributed by atoms with Gasteiger partial charge < -0.3 is 9.47 Å². The first-order chi connectivity index (χ1) is 9.90. The zero-order chi connectivity index (χ0) is 13.4. The van der Waals surface area contributed by atoms with Crippen molar-refractivity contribution in [1.82, 2.24) is 10.0 Å². The number of hydrazine groups is 1. The highest BCUT2D eigenvalue weighted by atomic mass is 16.5. The molecule has 0 aromatic heterocycles. The largest absolute Gasteiger partial charge is 0.477 e. The molecule has 102 valence electrons. The minimum absolute atomic E-state index is 0.572. The van der Waals surface area contributed by atoms with Crippen molar-refractivity contribution in [2.75, 3.05) is 13.5 Å². The molecule has 0 saturated heterocycles. The second-order valence-electron chi connectivity index (χ2n) is 5.09. The highest BCUT2D eigenvalue weighted by Crippen LogP contribution is 2.29. The maximum Gasteiger partial charge on any atom is 0.154 e. The third-order valence-corrected chi connectivity index (χ3v) is 3.79. The first-order valence-corrected chi connectivity index (χ1v) is 6.81. The molecule has 4 rings (SSSR count). The smallest absolute Gasteiger partial charge is 0.154 e. The Morgan fingerprint density at radius 2 is 1.10 bits per heavy atom. The summed E-state index contributed by atoms with van der Waals surface area (Å²) in [6.07, 6.45) is 0. The molecule has 2 aromatic carbocycles. The molecule has 0 unspecified atom stereocenters. The van der Waals surface area contributed by atoms with E-state index < -0.39 is 0 Å². The molecule has 4 heteroatoms. The van der Waals surface area contributed by atoms with Crippen LogP contribution in [-0.2, 0) is 13.1 Å². The van der Waals surface area contributed by atoms with Crippen LogP contribution in [0.25, 0.3) is 0 Å². The fourth-order valence-electron chi connectivity index (χ4n) is 2.69. The number of ether oxygens (including phenoxy) is 2. The fraction of sp³-hybridized carbons (Fsp3) is 0.250. The summed E-state index contributed by atoms with van der Waals surface area (Å²) in [5.41, 5.74) is 2.44. The van der Waals surface area contributed by atoms with Gasteiger partial charge in [-0.05, 0) is 12.1 Å². The molecule has 4 nitrogen and oxygen atoms in total. The van der Waals surface area contributed by atoms with Crippen LogP contribution in [0.2, 0.25) is 0 Å². The standard InChI is InChI=1S/C16H16N2O2/c1-3-7-15-13(5-1)9-17(11-19-15)18-10-14-6-2-4-8-16(14)20-12-18/h1-8H,9-12H2. The third-order valence-electron chi connectivity index (χ3n) is 3.79. The van der Waals surface area contributed by atoms with Crippen molar-refractivity contribution < 1.29 is 9.47 Å². The molecule has 2 aliphatic heterocycles. The Labute approximate surface area is 118 Å². The predicted molar refractivity (Wildman–Crippen MR) is 75.0 cm³/mol. The van der Waals surface area contributed by atoms with Crippen molar-refractivity contribution >= 4 is 0 Å². The molecule has 2 heterocycles. The van der Waals surface area contributed by atoms with E-state index in [1.54, 1.807) is 0 Å². The Kier molecular flexibility index (Phi) is 2.83. The normalized spacial score (nSPS) is 18.6. The molecule has 0 amide bonds. The summed E-state index contributed by atoms with van der Waals surface area (Å²) < 4.78 is 11.6. The van der Waals surface area contributed by atoms with Gasteiger partial charge in [-0.15, -0.1) is 0 Å². The van der Waals surface area contributed by atoms with Gasteiger partial charge in [0.2, 0.25) is 0 Å². The van der Waals surface area contributed by atoms with Crippen LogP contribution in [0.4, 0.5) is 0 Å². The summed E-state index contributed by atoms with van der Waals surface area (Å²) in [7, 11) is 0. The van der Waals surface area contributed by atoms with Gasteiger partial charge in [-0.1, -0.05) is 36.4 Å². The van der Waals surface area contributed by atoms with E-state index in [4.69, 9.17) is 9.47 Å². The minimum Gasteiger partial charge on any atom is -0.477 e. The molecule has 0 atom stereocenters. The number of para-hydroxylation sites is 2. The maximum absolute atomic E-state index is 5.81. The number of nitrogens with zero attached hydrogens (tertiary/aromatic N) is 2. The van der Waals surface area contributed by atoms with Crippen molar-refractivity contribution in [3.63, 3.8) is 0 Å². The molecule has 0 N–H and O–H groups in total. The van der Waals surface area contributed by atoms with Crippen LogP contribution in [0.1, 0.15) is 11.1 Å². The molecule has 0 bridgehead atoms. The van der Waals surface area contributed by atoms with Gasteiger partial charge >= 0.3 is 0 Å². The zero-order valence-corrected chi connectivity index (χ0v) is 11.2. The van der Waals surface area contributed by atoms with Crippen molar-refractivity contribution in [3.8, 4) is 11.5 Å². The molecule has 0 fully saturated rings. The average molecular weight is 268 g/mol. The summed E-state index contributed by atoms with van der Waals surface area (Å²) >= 11 is 0. The number of benzene rings is 2. The lowest BCUT2D eigenvalue weighted by molar-refractivity contribution is -0.138. The number of hydrogen-bond donors (Lipinski definition) is 0. The first kappa shape index (κ1) is 11.8. The van der Waals surface area contributed by atoms with Crippen LogP contribution < -0.4 is 9.47 Å². The van der Waals surface area contributed by atoms with E-state index in [0.717, 1.165) is 24.6 Å². The van der Waals surface area contributed by atoms with Gasteiger partial charge in [-0.2, -0.15) is 10.0 Å². The molecule has 0 saturated carbocycles. The number of fused-ring (bicyclic) bond motifs is 2. The van der Waals surface area contributed by atoms with Crippen molar-refractivity contribution in [1.29, 1.82) is 0 Å². The molecule has 20 heavy (non-hydrogen) atoms. The molecular weight excluding hydrogens is 252 g/mol. The van der Waals surface area contributed by atoms with Gasteiger partial charge in [-0.3, -0.25) is 0 Å². The van der Waals surface area contributed by atoms with Crippen molar-refractivity contribution in [2.45, 2.75) is 13.1 Å². The van der Waals surface area contributed by atoms with Crippen LogP contribution in [0.3, 0.4) is 0 Å². The lowest BCUT2D eigenvalue weighted by Gasteiger charge is -2.39. The Morgan fingerprint density at radius 1 is 0.650 bits per heavy atom. The Bertz CT molecular complexity index is 574. The number of rotatable bonds is 1. The van der Waals surface area contributed by atoms with E-state index in [1.165, 1.54) is 11.1 Å². The minimum atomic E-state index is 0.572. The number of hydrogen-bond acceptors (Lipinski definition) is 4.